The van der Waals surface area contributed by atoms with E-state index in [0.29, 0.717) is 10.5 Å². The van der Waals surface area contributed by atoms with Gasteiger partial charge in [0.2, 0.25) is 0 Å². The van der Waals surface area contributed by atoms with Crippen LogP contribution in [0.25, 0.3) is 33.4 Å². The topological polar surface area (TPSA) is 0 Å². The molecule has 0 heterocycles. The van der Waals surface area contributed by atoms with Gasteiger partial charge in [-0.2, -0.15) is 0 Å². The summed E-state index contributed by atoms with van der Waals surface area (Å²) >= 11 is 0. The molecule has 254 valence electrons. The third kappa shape index (κ3) is 8.24. The van der Waals surface area contributed by atoms with E-state index in [4.69, 9.17) is 0 Å². The molecular weight excluding hydrogens is 689 g/mol. The molecule has 0 nitrogen and oxygen atoms in total. The molecule has 4 rings (SSSR count). The second-order valence-electron chi connectivity index (χ2n) is 16.8. The van der Waals surface area contributed by atoms with Gasteiger partial charge in [0.1, 0.15) is 0 Å². The van der Waals surface area contributed by atoms with E-state index in [2.05, 4.69) is 212 Å². The van der Waals surface area contributed by atoms with Crippen LogP contribution in [0.1, 0.15) is 27.7 Å². The van der Waals surface area contributed by atoms with Gasteiger partial charge in [-0.1, -0.05) is 198 Å². The molecule has 0 bridgehead atoms. The quantitative estimate of drug-likeness (QED) is 0.105. The summed E-state index contributed by atoms with van der Waals surface area (Å²) in [6, 6.07) is 37.7. The van der Waals surface area contributed by atoms with E-state index in [-0.39, 0.29) is 0 Å². The van der Waals surface area contributed by atoms with Gasteiger partial charge in [-0.15, -0.1) is 8.09 Å². The largest absolute Gasteiger partial charge is 0.119 e. The van der Waals surface area contributed by atoms with Gasteiger partial charge < -0.3 is 0 Å². The van der Waals surface area contributed by atoms with E-state index in [1.54, 1.807) is 5.19 Å². The molecule has 0 aliphatic heterocycles. The zero-order valence-corrected chi connectivity index (χ0v) is 38.1. The Morgan fingerprint density at radius 3 is 0.872 bits per heavy atom. The molecule has 0 unspecified atom stereocenters. The highest BCUT2D eigenvalue weighted by Crippen LogP contribution is 2.74. The molecule has 47 heavy (non-hydrogen) atoms. The maximum absolute atomic E-state index is 2.68. The second kappa shape index (κ2) is 14.6. The molecule has 0 spiro atoms. The van der Waals surface area contributed by atoms with Crippen LogP contribution in [0.15, 0.2) is 102 Å². The van der Waals surface area contributed by atoms with Crippen molar-refractivity contribution in [3.8, 4) is 33.4 Å². The highest BCUT2D eigenvalue weighted by molar-refractivity contribution is 9.25. The lowest BCUT2D eigenvalue weighted by atomic mass is 9.98. The van der Waals surface area contributed by atoms with E-state index in [9.17, 15) is 0 Å². The van der Waals surface area contributed by atoms with Gasteiger partial charge in [-0.25, -0.2) is 0 Å². The maximum Gasteiger partial charge on any atom is 0.0685 e. The van der Waals surface area contributed by atoms with Crippen molar-refractivity contribution in [3.63, 3.8) is 0 Å². The number of rotatable bonds is 12. The van der Waals surface area contributed by atoms with Crippen LogP contribution < -0.4 is 5.19 Å². The van der Waals surface area contributed by atoms with Crippen LogP contribution in [0, 0.1) is 0 Å². The van der Waals surface area contributed by atoms with Gasteiger partial charge in [0.15, 0.2) is 0 Å². The van der Waals surface area contributed by atoms with E-state index in [1.165, 1.54) is 38.3 Å². The van der Waals surface area contributed by atoms with E-state index in [0.717, 1.165) is 0 Å². The standard InChI is InChI=1S/C40H60S3Si4/c1-31(2)41-43(5,42-32(3)4)39-27-23-37(24-28-39)35-19-15-33(16-20-35)34-17-21-36(22-18-34)38-25-29-40(30-26-38)47(44(6,7)8,45(9,10)11)46(12,13)14/h15-32H,1-14H3. The first-order valence-electron chi connectivity index (χ1n) is 17.3. The minimum atomic E-state index is -1.59. The first-order valence-corrected chi connectivity index (χ1v) is 37.6. The molecule has 7 heteroatoms. The molecule has 0 atom stereocenters. The number of hydrogen-bond donors (Lipinski definition) is 0. The first-order chi connectivity index (χ1) is 21.7. The number of benzene rings is 4. The van der Waals surface area contributed by atoms with Crippen LogP contribution in [0.4, 0.5) is 0 Å². The molecule has 0 aromatic heterocycles. The lowest BCUT2D eigenvalue weighted by molar-refractivity contribution is 1.12. The Hall–Kier alpha value is -1.20. The third-order valence-electron chi connectivity index (χ3n) is 9.50. The van der Waals surface area contributed by atoms with Crippen molar-refractivity contribution in [2.75, 3.05) is 6.26 Å². The van der Waals surface area contributed by atoms with Crippen molar-refractivity contribution in [1.82, 2.24) is 0 Å². The fraction of sp³-hybridized carbons (Fsp3) is 0.400. The summed E-state index contributed by atoms with van der Waals surface area (Å²) in [7, 11) is -0.818. The van der Waals surface area contributed by atoms with Crippen LogP contribution in [-0.2, 0) is 0 Å². The Morgan fingerprint density at radius 2 is 0.638 bits per heavy atom. The molecule has 0 radical (unpaired) electrons. The average molecular weight is 749 g/mol. The van der Waals surface area contributed by atoms with E-state index < -0.39 is 37.5 Å². The SMILES string of the molecule is CC(C)SS(C)(SC(C)C)c1ccc(-c2ccc(-c3ccc(-c4ccc([Si]([Si](C)(C)C)([Si](C)(C)C)[Si](C)(C)C)cc4)cc3)cc2)cc1. The highest BCUT2D eigenvalue weighted by atomic mass is 33.6. The summed E-state index contributed by atoms with van der Waals surface area (Å²) in [5, 5.41) is 2.99. The van der Waals surface area contributed by atoms with Gasteiger partial charge in [0, 0.05) is 38.2 Å². The molecule has 0 fully saturated rings. The molecule has 4 aromatic rings. The maximum atomic E-state index is 2.68. The highest BCUT2D eigenvalue weighted by Gasteiger charge is 2.62. The van der Waals surface area contributed by atoms with Crippen molar-refractivity contribution in [2.24, 2.45) is 0 Å². The second-order valence-corrected chi connectivity index (χ2v) is 67.2. The predicted octanol–water partition coefficient (Wildman–Crippen LogP) is 13.5. The molecule has 0 aliphatic rings. The molecule has 0 saturated carbocycles. The lowest BCUT2D eigenvalue weighted by Gasteiger charge is -2.57. The van der Waals surface area contributed by atoms with Crippen LogP contribution in [0.3, 0.4) is 0 Å². The molecule has 0 amide bonds. The molecule has 0 saturated heterocycles. The Morgan fingerprint density at radius 1 is 0.404 bits per heavy atom. The van der Waals surface area contributed by atoms with Crippen LogP contribution in [0.2, 0.25) is 58.9 Å². The summed E-state index contributed by atoms with van der Waals surface area (Å²) in [6.45, 7) is 31.8. The minimum Gasteiger partial charge on any atom is -0.119 e. The molecular formula is C40H60S3Si4. The van der Waals surface area contributed by atoms with Crippen LogP contribution >= 0.6 is 29.7 Å². The molecule has 0 N–H and O–H groups in total. The van der Waals surface area contributed by atoms with Crippen LogP contribution in [0.5, 0.6) is 0 Å². The normalized spacial score (nSPS) is 13.8. The minimum absolute atomic E-state index is 0.620. The molecule has 0 aliphatic carbocycles. The smallest absolute Gasteiger partial charge is 0.0685 e. The Bertz CT molecular complexity index is 1560. The fourth-order valence-electron chi connectivity index (χ4n) is 9.06. The predicted molar refractivity (Wildman–Crippen MR) is 235 cm³/mol. The van der Waals surface area contributed by atoms with Gasteiger partial charge in [0.05, 0.1) is 6.63 Å². The van der Waals surface area contributed by atoms with Gasteiger partial charge in [0.25, 0.3) is 0 Å². The monoisotopic (exact) mass is 748 g/mol. The third-order valence-corrected chi connectivity index (χ3v) is 90.5. The zero-order chi connectivity index (χ0) is 35.0. The van der Waals surface area contributed by atoms with Crippen molar-refractivity contribution in [2.45, 2.75) is 102 Å². The summed E-state index contributed by atoms with van der Waals surface area (Å²) in [5.74, 6) is 0. The number of hydrogen-bond acceptors (Lipinski definition) is 2. The van der Waals surface area contributed by atoms with Gasteiger partial charge in [-0.05, 0) is 51.8 Å². The fourth-order valence-corrected chi connectivity index (χ4v) is 121. The van der Waals surface area contributed by atoms with Crippen molar-refractivity contribution in [1.29, 1.82) is 0 Å². The van der Waals surface area contributed by atoms with E-state index in [1.807, 2.05) is 0 Å². The van der Waals surface area contributed by atoms with Crippen molar-refractivity contribution >= 4 is 64.3 Å². The van der Waals surface area contributed by atoms with Crippen molar-refractivity contribution in [3.05, 3.63) is 97.1 Å². The summed E-state index contributed by atoms with van der Waals surface area (Å²) in [5.41, 5.74) is 7.73. The average Bonchev–Trinajstić information content (AvgIpc) is 2.95. The lowest BCUT2D eigenvalue weighted by Crippen LogP contribution is -2.88. The molecule has 4 aromatic carbocycles. The Kier molecular flexibility index (Phi) is 12.0. The van der Waals surface area contributed by atoms with Gasteiger partial charge >= 0.3 is 0 Å². The van der Waals surface area contributed by atoms with Crippen molar-refractivity contribution < 1.29 is 0 Å². The summed E-state index contributed by atoms with van der Waals surface area (Å²) in [6.07, 6.45) is 2.47. The first kappa shape index (κ1) is 38.6. The van der Waals surface area contributed by atoms with Crippen LogP contribution in [-0.4, -0.2) is 46.2 Å². The Balaban J connectivity index is 1.55. The van der Waals surface area contributed by atoms with Gasteiger partial charge in [-0.3, -0.25) is 0 Å². The summed E-state index contributed by atoms with van der Waals surface area (Å²) < 4.78 is 0. The van der Waals surface area contributed by atoms with E-state index >= 15 is 0 Å². The zero-order valence-electron chi connectivity index (χ0n) is 31.6. The Labute approximate surface area is 300 Å². The summed E-state index contributed by atoms with van der Waals surface area (Å²) in [4.78, 5) is 1.48.